The normalized spacial score (nSPS) is 18.4. The third kappa shape index (κ3) is 5.13. The summed E-state index contributed by atoms with van der Waals surface area (Å²) in [4.78, 5) is 37.0. The molecule has 6 nitrogen and oxygen atoms in total. The number of carbonyl (C=O) groups excluding carboxylic acids is 3. The van der Waals surface area contributed by atoms with Crippen LogP contribution >= 0.6 is 11.8 Å². The molecular formula is C21H21NO5S. The molecule has 0 spiro atoms. The Labute approximate surface area is 167 Å². The van der Waals surface area contributed by atoms with Crippen LogP contribution in [0.4, 0.5) is 5.69 Å². The molecule has 0 radical (unpaired) electrons. The molecule has 1 aliphatic rings. The van der Waals surface area contributed by atoms with Gasteiger partial charge in [-0.3, -0.25) is 4.79 Å². The second-order valence-corrected chi connectivity index (χ2v) is 7.59. The zero-order valence-corrected chi connectivity index (χ0v) is 16.5. The fourth-order valence-electron chi connectivity index (χ4n) is 2.75. The first-order chi connectivity index (χ1) is 13.4. The van der Waals surface area contributed by atoms with Gasteiger partial charge in [0, 0.05) is 17.0 Å². The van der Waals surface area contributed by atoms with E-state index in [9.17, 15) is 14.4 Å². The van der Waals surface area contributed by atoms with Crippen molar-refractivity contribution < 1.29 is 23.9 Å². The molecule has 0 aromatic heterocycles. The van der Waals surface area contributed by atoms with Gasteiger partial charge >= 0.3 is 11.9 Å². The van der Waals surface area contributed by atoms with Crippen LogP contribution in [-0.4, -0.2) is 35.8 Å². The van der Waals surface area contributed by atoms with Gasteiger partial charge in [-0.05, 0) is 38.1 Å². The van der Waals surface area contributed by atoms with E-state index in [-0.39, 0.29) is 17.8 Å². The monoisotopic (exact) mass is 399 g/mol. The van der Waals surface area contributed by atoms with E-state index in [1.54, 1.807) is 31.2 Å². The molecule has 1 heterocycles. The third-order valence-electron chi connectivity index (χ3n) is 4.18. The number of rotatable bonds is 6. The van der Waals surface area contributed by atoms with Gasteiger partial charge in [-0.2, -0.15) is 0 Å². The molecule has 1 amide bonds. The number of carbonyl (C=O) groups is 3. The van der Waals surface area contributed by atoms with Crippen molar-refractivity contribution in [1.29, 1.82) is 0 Å². The summed E-state index contributed by atoms with van der Waals surface area (Å²) in [6.07, 6.45) is -0.801. The predicted octanol–water partition coefficient (Wildman–Crippen LogP) is 3.59. The van der Waals surface area contributed by atoms with Gasteiger partial charge in [0.2, 0.25) is 12.0 Å². The third-order valence-corrected chi connectivity index (χ3v) is 5.25. The summed E-state index contributed by atoms with van der Waals surface area (Å²) < 4.78 is 10.3. The number of anilines is 1. The average molecular weight is 399 g/mol. The van der Waals surface area contributed by atoms with Gasteiger partial charge in [0.05, 0.1) is 11.3 Å². The minimum Gasteiger partial charge on any atom is -0.460 e. The topological polar surface area (TPSA) is 81.7 Å². The van der Waals surface area contributed by atoms with Crippen LogP contribution < -0.4 is 5.32 Å². The highest BCUT2D eigenvalue weighted by atomic mass is 32.2. The molecule has 7 heteroatoms. The van der Waals surface area contributed by atoms with Crippen LogP contribution in [0.25, 0.3) is 0 Å². The van der Waals surface area contributed by atoms with E-state index in [0.29, 0.717) is 16.9 Å². The van der Waals surface area contributed by atoms with Crippen molar-refractivity contribution in [2.24, 2.45) is 0 Å². The number of esters is 2. The lowest BCUT2D eigenvalue weighted by Crippen LogP contribution is -2.23. The number of hydrogen-bond acceptors (Lipinski definition) is 6. The number of amides is 1. The van der Waals surface area contributed by atoms with Gasteiger partial charge in [0.15, 0.2) is 0 Å². The van der Waals surface area contributed by atoms with Gasteiger partial charge in [-0.1, -0.05) is 29.8 Å². The van der Waals surface area contributed by atoms with Gasteiger partial charge < -0.3 is 14.8 Å². The van der Waals surface area contributed by atoms with Crippen molar-refractivity contribution in [2.75, 3.05) is 11.1 Å². The summed E-state index contributed by atoms with van der Waals surface area (Å²) in [7, 11) is 0. The van der Waals surface area contributed by atoms with Crippen molar-refractivity contribution in [3.05, 3.63) is 59.7 Å². The molecule has 0 saturated carbocycles. The minimum atomic E-state index is -0.884. The smallest absolute Gasteiger partial charge is 0.347 e. The summed E-state index contributed by atoms with van der Waals surface area (Å²) in [5.74, 6) is -1.16. The molecule has 0 aliphatic carbocycles. The number of ether oxygens (including phenoxy) is 2. The molecule has 1 saturated heterocycles. The molecule has 28 heavy (non-hydrogen) atoms. The van der Waals surface area contributed by atoms with Crippen LogP contribution in [0.2, 0.25) is 0 Å². The Bertz CT molecular complexity index is 881. The lowest BCUT2D eigenvalue weighted by atomic mass is 10.2. The Hall–Kier alpha value is -2.80. The van der Waals surface area contributed by atoms with Crippen LogP contribution in [0.15, 0.2) is 53.4 Å². The second-order valence-electron chi connectivity index (χ2n) is 6.58. The maximum absolute atomic E-state index is 12.5. The number of aryl methyl sites for hydroxylation is 1. The molecule has 0 bridgehead atoms. The second kappa shape index (κ2) is 8.93. The van der Waals surface area contributed by atoms with Gasteiger partial charge in [-0.15, -0.1) is 11.8 Å². The summed E-state index contributed by atoms with van der Waals surface area (Å²) in [6, 6.07) is 14.4. The average Bonchev–Trinajstić information content (AvgIpc) is 2.99. The van der Waals surface area contributed by atoms with Crippen LogP contribution in [0.1, 0.15) is 29.3 Å². The highest BCUT2D eigenvalue weighted by Gasteiger charge is 2.35. The number of thioether (sulfide) groups is 1. The lowest BCUT2D eigenvalue weighted by molar-refractivity contribution is -0.147. The fraction of sp³-hybridized carbons (Fsp3) is 0.286. The first kappa shape index (κ1) is 19.9. The Morgan fingerprint density at radius 3 is 2.57 bits per heavy atom. The molecule has 146 valence electrons. The van der Waals surface area contributed by atoms with Crippen molar-refractivity contribution >= 4 is 35.3 Å². The fourth-order valence-corrected chi connectivity index (χ4v) is 3.59. The van der Waals surface area contributed by atoms with E-state index in [0.717, 1.165) is 11.3 Å². The van der Waals surface area contributed by atoms with E-state index < -0.39 is 18.0 Å². The van der Waals surface area contributed by atoms with Crippen LogP contribution in [-0.2, 0) is 19.1 Å². The number of nitrogens with one attached hydrogen (secondary N) is 1. The predicted molar refractivity (Wildman–Crippen MR) is 106 cm³/mol. The van der Waals surface area contributed by atoms with Crippen LogP contribution in [0.3, 0.4) is 0 Å². The van der Waals surface area contributed by atoms with Crippen LogP contribution in [0, 0.1) is 6.92 Å². The summed E-state index contributed by atoms with van der Waals surface area (Å²) in [5, 5.41) is 2.82. The van der Waals surface area contributed by atoms with E-state index in [1.165, 1.54) is 11.8 Å². The minimum absolute atomic E-state index is 0.140. The van der Waals surface area contributed by atoms with Crippen molar-refractivity contribution in [3.63, 3.8) is 0 Å². The Morgan fingerprint density at radius 1 is 1.18 bits per heavy atom. The Morgan fingerprint density at radius 2 is 1.89 bits per heavy atom. The maximum atomic E-state index is 12.5. The van der Waals surface area contributed by atoms with Gasteiger partial charge in [-0.25, -0.2) is 9.59 Å². The molecule has 1 N–H and O–H groups in total. The standard InChI is InChI=1S/C21H21NO5S/c1-13-7-9-15(10-8-13)22-19(23)12-28-18-6-4-3-5-16(18)20(24)27-17-11-14(2)26-21(17)25/h3-10,14,17H,11-12H2,1-2H3,(H,22,23)/t14-,17+/m0/s1. The zero-order chi connectivity index (χ0) is 20.1. The molecule has 3 rings (SSSR count). The molecule has 2 aromatic carbocycles. The molecule has 1 fully saturated rings. The van der Waals surface area contributed by atoms with E-state index in [1.807, 2.05) is 31.2 Å². The van der Waals surface area contributed by atoms with E-state index >= 15 is 0 Å². The number of hydrogen-bond donors (Lipinski definition) is 1. The summed E-state index contributed by atoms with van der Waals surface area (Å²) in [6.45, 7) is 3.73. The maximum Gasteiger partial charge on any atom is 0.347 e. The molecule has 0 unspecified atom stereocenters. The van der Waals surface area contributed by atoms with Crippen molar-refractivity contribution in [2.45, 2.75) is 37.4 Å². The SMILES string of the molecule is Cc1ccc(NC(=O)CSc2ccccc2C(=O)O[C@@H]2C[C@H](C)OC2=O)cc1. The molecule has 2 aromatic rings. The van der Waals surface area contributed by atoms with Gasteiger partial charge in [0.1, 0.15) is 6.10 Å². The lowest BCUT2D eigenvalue weighted by Gasteiger charge is -2.12. The van der Waals surface area contributed by atoms with E-state index in [4.69, 9.17) is 9.47 Å². The van der Waals surface area contributed by atoms with E-state index in [2.05, 4.69) is 5.32 Å². The number of benzene rings is 2. The molecular weight excluding hydrogens is 378 g/mol. The summed E-state index contributed by atoms with van der Waals surface area (Å²) in [5.41, 5.74) is 2.15. The van der Waals surface area contributed by atoms with Crippen molar-refractivity contribution in [3.8, 4) is 0 Å². The number of cyclic esters (lactones) is 1. The van der Waals surface area contributed by atoms with Crippen LogP contribution in [0.5, 0.6) is 0 Å². The highest BCUT2D eigenvalue weighted by Crippen LogP contribution is 2.26. The van der Waals surface area contributed by atoms with Gasteiger partial charge in [0.25, 0.3) is 0 Å². The first-order valence-electron chi connectivity index (χ1n) is 8.92. The first-order valence-corrected chi connectivity index (χ1v) is 9.91. The summed E-state index contributed by atoms with van der Waals surface area (Å²) >= 11 is 1.24. The molecule has 2 atom stereocenters. The Kier molecular flexibility index (Phi) is 6.36. The highest BCUT2D eigenvalue weighted by molar-refractivity contribution is 8.00. The largest absolute Gasteiger partial charge is 0.460 e. The van der Waals surface area contributed by atoms with Crippen molar-refractivity contribution in [1.82, 2.24) is 0 Å². The molecule has 1 aliphatic heterocycles. The quantitative estimate of drug-likeness (QED) is 0.591. The Balaban J connectivity index is 1.60. The zero-order valence-electron chi connectivity index (χ0n) is 15.6.